The van der Waals surface area contributed by atoms with Gasteiger partial charge in [-0.15, -0.1) is 0 Å². The summed E-state index contributed by atoms with van der Waals surface area (Å²) in [5.41, 5.74) is 0. The fraction of sp³-hybridized carbons (Fsp3) is 1.00. The Labute approximate surface area is 89.5 Å². The predicted octanol–water partition coefficient (Wildman–Crippen LogP) is 4.78. The van der Waals surface area contributed by atoms with E-state index in [0.717, 1.165) is 17.8 Å². The first-order valence-electron chi connectivity index (χ1n) is 6.86. The largest absolute Gasteiger partial charge is 0.0625 e. The van der Waals surface area contributed by atoms with Crippen molar-refractivity contribution >= 4 is 0 Å². The topological polar surface area (TPSA) is 0 Å². The third kappa shape index (κ3) is 2.74. The van der Waals surface area contributed by atoms with Crippen LogP contribution in [0.1, 0.15) is 71.1 Å². The van der Waals surface area contributed by atoms with Crippen molar-refractivity contribution in [3.63, 3.8) is 0 Å². The minimum atomic E-state index is 1.03. The normalized spacial score (nSPS) is 36.6. The second kappa shape index (κ2) is 5.19. The lowest BCUT2D eigenvalue weighted by Crippen LogP contribution is -2.21. The quantitative estimate of drug-likeness (QED) is 0.527. The van der Waals surface area contributed by atoms with E-state index in [-0.39, 0.29) is 0 Å². The maximum Gasteiger partial charge on any atom is -0.0383 e. The molecule has 2 saturated carbocycles. The molecule has 0 N–H and O–H groups in total. The van der Waals surface area contributed by atoms with Crippen LogP contribution in [0.4, 0.5) is 0 Å². The van der Waals surface area contributed by atoms with Gasteiger partial charge in [0, 0.05) is 0 Å². The molecule has 0 aromatic rings. The molecule has 0 heterocycles. The van der Waals surface area contributed by atoms with Crippen LogP contribution in [0.15, 0.2) is 0 Å². The van der Waals surface area contributed by atoms with Gasteiger partial charge in [-0.25, -0.2) is 0 Å². The van der Waals surface area contributed by atoms with Gasteiger partial charge in [0.25, 0.3) is 0 Å². The van der Waals surface area contributed by atoms with Crippen molar-refractivity contribution in [1.29, 1.82) is 0 Å². The molecule has 0 radical (unpaired) electrons. The van der Waals surface area contributed by atoms with E-state index in [1.165, 1.54) is 38.5 Å². The van der Waals surface area contributed by atoms with Gasteiger partial charge in [0.15, 0.2) is 0 Å². The molecule has 0 nitrogen and oxygen atoms in total. The van der Waals surface area contributed by atoms with Crippen LogP contribution in [0.5, 0.6) is 0 Å². The predicted molar refractivity (Wildman–Crippen MR) is 62.3 cm³/mol. The second-order valence-electron chi connectivity index (χ2n) is 5.78. The van der Waals surface area contributed by atoms with Crippen LogP contribution in [0.2, 0.25) is 0 Å². The average Bonchev–Trinajstić information content (AvgIpc) is 2.45. The van der Waals surface area contributed by atoms with Crippen molar-refractivity contribution in [2.45, 2.75) is 71.1 Å². The summed E-state index contributed by atoms with van der Waals surface area (Å²) >= 11 is 0. The van der Waals surface area contributed by atoms with Gasteiger partial charge in [0.1, 0.15) is 0 Å². The first-order chi connectivity index (χ1) is 6.86. The fourth-order valence-corrected chi connectivity index (χ4v) is 3.69. The molecule has 0 saturated heterocycles. The molecule has 0 aromatic heterocycles. The Morgan fingerprint density at radius 2 is 1.29 bits per heavy atom. The van der Waals surface area contributed by atoms with Gasteiger partial charge >= 0.3 is 0 Å². The summed E-state index contributed by atoms with van der Waals surface area (Å²) in [5.74, 6) is 3.24. The van der Waals surface area contributed by atoms with E-state index < -0.39 is 0 Å². The molecule has 2 aliphatic rings. The Hall–Kier alpha value is 0. The van der Waals surface area contributed by atoms with Crippen molar-refractivity contribution in [3.05, 3.63) is 0 Å². The number of rotatable bonds is 1. The number of hydrogen-bond acceptors (Lipinski definition) is 0. The standard InChI is InChI=1S/C14H26/c1-12-7-6-10-14(11-12)13-8-4-2-3-5-9-13/h12-14H,2-11H2,1H3. The van der Waals surface area contributed by atoms with Crippen LogP contribution in [0.25, 0.3) is 0 Å². The Morgan fingerprint density at radius 1 is 0.643 bits per heavy atom. The highest BCUT2D eigenvalue weighted by Crippen LogP contribution is 2.39. The first kappa shape index (κ1) is 10.5. The SMILES string of the molecule is CC1CCCC(C2CCCCCC2)C1. The smallest absolute Gasteiger partial charge is 0.0383 e. The highest BCUT2D eigenvalue weighted by atomic mass is 14.3. The van der Waals surface area contributed by atoms with E-state index in [2.05, 4.69) is 6.92 Å². The van der Waals surface area contributed by atoms with Gasteiger partial charge in [0.2, 0.25) is 0 Å². The fourth-order valence-electron chi connectivity index (χ4n) is 3.69. The van der Waals surface area contributed by atoms with Gasteiger partial charge in [0.05, 0.1) is 0 Å². The maximum atomic E-state index is 2.46. The Kier molecular flexibility index (Phi) is 3.89. The molecule has 0 aromatic carbocycles. The van der Waals surface area contributed by atoms with Crippen LogP contribution in [-0.4, -0.2) is 0 Å². The third-order valence-corrected chi connectivity index (χ3v) is 4.54. The van der Waals surface area contributed by atoms with Gasteiger partial charge in [-0.2, -0.15) is 0 Å². The van der Waals surface area contributed by atoms with E-state index in [4.69, 9.17) is 0 Å². The molecular formula is C14H26. The van der Waals surface area contributed by atoms with Gasteiger partial charge in [-0.3, -0.25) is 0 Å². The van der Waals surface area contributed by atoms with Crippen LogP contribution >= 0.6 is 0 Å². The summed E-state index contributed by atoms with van der Waals surface area (Å²) in [6.07, 6.45) is 15.3. The highest BCUT2D eigenvalue weighted by molar-refractivity contribution is 4.78. The Bertz CT molecular complexity index is 153. The minimum absolute atomic E-state index is 1.03. The molecule has 0 bridgehead atoms. The highest BCUT2D eigenvalue weighted by Gasteiger charge is 2.26. The molecule has 0 amide bonds. The lowest BCUT2D eigenvalue weighted by atomic mass is 9.73. The van der Waals surface area contributed by atoms with E-state index in [9.17, 15) is 0 Å². The van der Waals surface area contributed by atoms with E-state index in [1.807, 2.05) is 0 Å². The lowest BCUT2D eigenvalue weighted by molar-refractivity contribution is 0.188. The molecule has 82 valence electrons. The van der Waals surface area contributed by atoms with Crippen molar-refractivity contribution in [3.8, 4) is 0 Å². The van der Waals surface area contributed by atoms with Gasteiger partial charge < -0.3 is 0 Å². The zero-order chi connectivity index (χ0) is 9.80. The maximum absolute atomic E-state index is 2.46. The zero-order valence-electron chi connectivity index (χ0n) is 9.80. The monoisotopic (exact) mass is 194 g/mol. The van der Waals surface area contributed by atoms with Crippen LogP contribution in [0, 0.1) is 17.8 Å². The Balaban J connectivity index is 1.85. The molecule has 0 heteroatoms. The molecule has 2 atom stereocenters. The van der Waals surface area contributed by atoms with Crippen LogP contribution < -0.4 is 0 Å². The third-order valence-electron chi connectivity index (χ3n) is 4.54. The molecule has 14 heavy (non-hydrogen) atoms. The minimum Gasteiger partial charge on any atom is -0.0625 e. The van der Waals surface area contributed by atoms with E-state index in [1.54, 1.807) is 25.7 Å². The van der Waals surface area contributed by atoms with Crippen molar-refractivity contribution in [1.82, 2.24) is 0 Å². The summed E-state index contributed by atoms with van der Waals surface area (Å²) in [7, 11) is 0. The molecular weight excluding hydrogens is 168 g/mol. The molecule has 2 fully saturated rings. The summed E-state index contributed by atoms with van der Waals surface area (Å²) in [4.78, 5) is 0. The second-order valence-corrected chi connectivity index (χ2v) is 5.78. The van der Waals surface area contributed by atoms with Crippen LogP contribution in [-0.2, 0) is 0 Å². The van der Waals surface area contributed by atoms with Crippen LogP contribution in [0.3, 0.4) is 0 Å². The van der Waals surface area contributed by atoms with E-state index in [0.29, 0.717) is 0 Å². The zero-order valence-corrected chi connectivity index (χ0v) is 9.80. The summed E-state index contributed by atoms with van der Waals surface area (Å²) < 4.78 is 0. The lowest BCUT2D eigenvalue weighted by Gasteiger charge is -2.32. The summed E-state index contributed by atoms with van der Waals surface area (Å²) in [5, 5.41) is 0. The first-order valence-corrected chi connectivity index (χ1v) is 6.86. The number of hydrogen-bond donors (Lipinski definition) is 0. The Morgan fingerprint density at radius 3 is 1.93 bits per heavy atom. The molecule has 0 aliphatic heterocycles. The van der Waals surface area contributed by atoms with Gasteiger partial charge in [-0.05, 0) is 24.2 Å². The summed E-state index contributed by atoms with van der Waals surface area (Å²) in [6.45, 7) is 2.46. The molecule has 2 aliphatic carbocycles. The molecule has 2 rings (SSSR count). The summed E-state index contributed by atoms with van der Waals surface area (Å²) in [6, 6.07) is 0. The van der Waals surface area contributed by atoms with Crippen molar-refractivity contribution < 1.29 is 0 Å². The van der Waals surface area contributed by atoms with E-state index >= 15 is 0 Å². The van der Waals surface area contributed by atoms with Gasteiger partial charge in [-0.1, -0.05) is 64.7 Å². The average molecular weight is 194 g/mol. The molecule has 2 unspecified atom stereocenters. The molecule has 0 spiro atoms. The van der Waals surface area contributed by atoms with Crippen molar-refractivity contribution in [2.75, 3.05) is 0 Å². The van der Waals surface area contributed by atoms with Crippen molar-refractivity contribution in [2.24, 2.45) is 17.8 Å².